The van der Waals surface area contributed by atoms with Crippen molar-refractivity contribution in [3.05, 3.63) is 108 Å². The standard InChI is InChI=1S/C27H34N2O2/c30-21-27(19-24-12-6-2-7-13-24)29-20-26(18-23-10-4-1-5-11-23)28-16-17-31-22-25-14-8-3-9-15-25/h1-15,26-30H,16-22H2. The molecule has 0 saturated carbocycles. The summed E-state index contributed by atoms with van der Waals surface area (Å²) < 4.78 is 5.82. The first kappa shape index (κ1) is 23.2. The number of hydrogen-bond donors (Lipinski definition) is 3. The van der Waals surface area contributed by atoms with Crippen molar-refractivity contribution >= 4 is 0 Å². The van der Waals surface area contributed by atoms with Crippen molar-refractivity contribution in [1.82, 2.24) is 10.6 Å². The third kappa shape index (κ3) is 9.03. The lowest BCUT2D eigenvalue weighted by Gasteiger charge is -2.23. The van der Waals surface area contributed by atoms with Crippen molar-refractivity contribution in [1.29, 1.82) is 0 Å². The highest BCUT2D eigenvalue weighted by Crippen LogP contribution is 2.06. The van der Waals surface area contributed by atoms with Gasteiger partial charge in [0.1, 0.15) is 0 Å². The molecule has 2 unspecified atom stereocenters. The molecule has 2 atom stereocenters. The highest BCUT2D eigenvalue weighted by atomic mass is 16.5. The minimum Gasteiger partial charge on any atom is -0.395 e. The number of hydrogen-bond acceptors (Lipinski definition) is 4. The van der Waals surface area contributed by atoms with Crippen molar-refractivity contribution in [2.75, 3.05) is 26.3 Å². The largest absolute Gasteiger partial charge is 0.395 e. The maximum absolute atomic E-state index is 9.84. The summed E-state index contributed by atoms with van der Waals surface area (Å²) in [6, 6.07) is 31.4. The average molecular weight is 419 g/mol. The van der Waals surface area contributed by atoms with E-state index in [1.54, 1.807) is 0 Å². The van der Waals surface area contributed by atoms with E-state index in [1.165, 1.54) is 16.7 Å². The minimum absolute atomic E-state index is 0.0387. The van der Waals surface area contributed by atoms with Crippen molar-refractivity contribution < 1.29 is 9.84 Å². The summed E-state index contributed by atoms with van der Waals surface area (Å²) in [5.74, 6) is 0. The minimum atomic E-state index is 0.0387. The van der Waals surface area contributed by atoms with Crippen LogP contribution < -0.4 is 10.6 Å². The van der Waals surface area contributed by atoms with Crippen LogP contribution in [0.4, 0.5) is 0 Å². The Kier molecular flexibility index (Phi) is 10.3. The van der Waals surface area contributed by atoms with Crippen LogP contribution in [0.25, 0.3) is 0 Å². The topological polar surface area (TPSA) is 53.5 Å². The van der Waals surface area contributed by atoms with Crippen molar-refractivity contribution in [3.8, 4) is 0 Å². The zero-order chi connectivity index (χ0) is 21.6. The Labute approximate surface area is 186 Å². The maximum atomic E-state index is 9.84. The first-order valence-corrected chi connectivity index (χ1v) is 11.1. The predicted molar refractivity (Wildman–Crippen MR) is 127 cm³/mol. The number of nitrogens with one attached hydrogen (secondary N) is 2. The molecule has 0 spiro atoms. The molecule has 31 heavy (non-hydrogen) atoms. The molecule has 3 N–H and O–H groups in total. The molecule has 0 saturated heterocycles. The van der Waals surface area contributed by atoms with Crippen LogP contribution in [-0.4, -0.2) is 43.5 Å². The van der Waals surface area contributed by atoms with Crippen LogP contribution in [0.15, 0.2) is 91.0 Å². The van der Waals surface area contributed by atoms with E-state index in [-0.39, 0.29) is 18.7 Å². The van der Waals surface area contributed by atoms with Crippen LogP contribution in [0, 0.1) is 0 Å². The van der Waals surface area contributed by atoms with E-state index in [9.17, 15) is 5.11 Å². The van der Waals surface area contributed by atoms with Gasteiger partial charge in [-0.25, -0.2) is 0 Å². The van der Waals surface area contributed by atoms with E-state index in [4.69, 9.17) is 4.74 Å². The second-order valence-electron chi connectivity index (χ2n) is 7.86. The summed E-state index contributed by atoms with van der Waals surface area (Å²) in [5, 5.41) is 17.0. The Morgan fingerprint density at radius 3 is 1.71 bits per heavy atom. The summed E-state index contributed by atoms with van der Waals surface area (Å²) in [7, 11) is 0. The van der Waals surface area contributed by atoms with E-state index >= 15 is 0 Å². The lowest BCUT2D eigenvalue weighted by Crippen LogP contribution is -2.46. The highest BCUT2D eigenvalue weighted by Gasteiger charge is 2.13. The normalized spacial score (nSPS) is 13.1. The molecule has 0 amide bonds. The summed E-state index contributed by atoms with van der Waals surface area (Å²) in [6.07, 6.45) is 1.74. The van der Waals surface area contributed by atoms with Crippen LogP contribution >= 0.6 is 0 Å². The van der Waals surface area contributed by atoms with Gasteiger partial charge < -0.3 is 20.5 Å². The molecule has 3 rings (SSSR count). The van der Waals surface area contributed by atoms with Gasteiger partial charge in [0, 0.05) is 25.2 Å². The van der Waals surface area contributed by atoms with Crippen LogP contribution in [0.1, 0.15) is 16.7 Å². The Morgan fingerprint density at radius 1 is 0.645 bits per heavy atom. The van der Waals surface area contributed by atoms with Crippen molar-refractivity contribution in [2.45, 2.75) is 31.5 Å². The molecule has 0 aliphatic carbocycles. The van der Waals surface area contributed by atoms with E-state index in [1.807, 2.05) is 42.5 Å². The second-order valence-corrected chi connectivity index (χ2v) is 7.86. The van der Waals surface area contributed by atoms with Gasteiger partial charge >= 0.3 is 0 Å². The molecule has 3 aromatic rings. The molecule has 0 aliphatic heterocycles. The smallest absolute Gasteiger partial charge is 0.0717 e. The molecule has 0 radical (unpaired) electrons. The van der Waals surface area contributed by atoms with Crippen molar-refractivity contribution in [3.63, 3.8) is 0 Å². The fraction of sp³-hybridized carbons (Fsp3) is 0.333. The van der Waals surface area contributed by atoms with E-state index < -0.39 is 0 Å². The first-order chi connectivity index (χ1) is 15.3. The van der Waals surface area contributed by atoms with Crippen LogP contribution in [0.2, 0.25) is 0 Å². The molecule has 0 heterocycles. The van der Waals surface area contributed by atoms with Gasteiger partial charge in [-0.2, -0.15) is 0 Å². The fourth-order valence-electron chi connectivity index (χ4n) is 3.62. The number of ether oxygens (including phenoxy) is 1. The predicted octanol–water partition coefficient (Wildman–Crippen LogP) is 3.60. The molecule has 0 bridgehead atoms. The molecule has 4 heteroatoms. The summed E-state index contributed by atoms with van der Waals surface area (Å²) in [6.45, 7) is 2.98. The highest BCUT2D eigenvalue weighted by molar-refractivity contribution is 5.17. The molecule has 164 valence electrons. The SMILES string of the molecule is OCC(Cc1ccccc1)NCC(Cc1ccccc1)NCCOCc1ccccc1. The van der Waals surface area contributed by atoms with Gasteiger partial charge in [0.25, 0.3) is 0 Å². The molecule has 0 aliphatic rings. The van der Waals surface area contributed by atoms with Gasteiger partial charge in [0.2, 0.25) is 0 Å². The number of rotatable bonds is 14. The molecular weight excluding hydrogens is 384 g/mol. The summed E-state index contributed by atoms with van der Waals surface area (Å²) >= 11 is 0. The van der Waals surface area contributed by atoms with Gasteiger partial charge in [-0.05, 0) is 29.5 Å². The van der Waals surface area contributed by atoms with Crippen molar-refractivity contribution in [2.24, 2.45) is 0 Å². The maximum Gasteiger partial charge on any atom is 0.0717 e. The fourth-order valence-corrected chi connectivity index (χ4v) is 3.62. The van der Waals surface area contributed by atoms with E-state index in [0.29, 0.717) is 13.2 Å². The first-order valence-electron chi connectivity index (χ1n) is 11.1. The zero-order valence-corrected chi connectivity index (χ0v) is 18.1. The van der Waals surface area contributed by atoms with E-state index in [2.05, 4.69) is 59.2 Å². The molecule has 0 aromatic heterocycles. The Morgan fingerprint density at radius 2 is 1.16 bits per heavy atom. The third-order valence-electron chi connectivity index (χ3n) is 5.31. The molecular formula is C27H34N2O2. The Hall–Kier alpha value is -2.50. The molecule has 3 aromatic carbocycles. The zero-order valence-electron chi connectivity index (χ0n) is 18.1. The number of aliphatic hydroxyl groups excluding tert-OH is 1. The van der Waals surface area contributed by atoms with Crippen LogP contribution in [-0.2, 0) is 24.2 Å². The van der Waals surface area contributed by atoms with Gasteiger partial charge in [-0.3, -0.25) is 0 Å². The molecule has 0 fully saturated rings. The lowest BCUT2D eigenvalue weighted by molar-refractivity contribution is 0.120. The second kappa shape index (κ2) is 13.7. The van der Waals surface area contributed by atoms with Crippen LogP contribution in [0.3, 0.4) is 0 Å². The van der Waals surface area contributed by atoms with Gasteiger partial charge in [0.15, 0.2) is 0 Å². The average Bonchev–Trinajstić information content (AvgIpc) is 2.83. The number of benzene rings is 3. The Balaban J connectivity index is 1.47. The summed E-state index contributed by atoms with van der Waals surface area (Å²) in [5.41, 5.74) is 3.73. The monoisotopic (exact) mass is 418 g/mol. The lowest BCUT2D eigenvalue weighted by atomic mass is 10.0. The Bertz CT molecular complexity index is 828. The summed E-state index contributed by atoms with van der Waals surface area (Å²) in [4.78, 5) is 0. The third-order valence-corrected chi connectivity index (χ3v) is 5.31. The quantitative estimate of drug-likeness (QED) is 0.350. The van der Waals surface area contributed by atoms with Gasteiger partial charge in [-0.15, -0.1) is 0 Å². The van der Waals surface area contributed by atoms with Gasteiger partial charge in [0.05, 0.1) is 19.8 Å². The van der Waals surface area contributed by atoms with Crippen LogP contribution in [0.5, 0.6) is 0 Å². The number of aliphatic hydroxyl groups is 1. The van der Waals surface area contributed by atoms with Gasteiger partial charge in [-0.1, -0.05) is 91.0 Å². The van der Waals surface area contributed by atoms with E-state index in [0.717, 1.165) is 25.9 Å². The molecule has 4 nitrogen and oxygen atoms in total.